The number of nitrogens with one attached hydrogen (secondary N) is 1. The Morgan fingerprint density at radius 3 is 2.95 bits per heavy atom. The molecule has 8 nitrogen and oxygen atoms in total. The standard InChI is InChI=1S/C11H17N7OS2/c1-3-7(9-13-6-14-18(9)4-2)15-8(19)5-20-11-17-16-10(12)21-11/h6-7H,3-5H2,1-2H3,(H2,12,16)(H,15,19)/t7-/m1/s1. The minimum atomic E-state index is -0.139. The molecule has 2 rings (SSSR count). The van der Waals surface area contributed by atoms with Crippen LogP contribution in [-0.4, -0.2) is 36.6 Å². The van der Waals surface area contributed by atoms with Crippen LogP contribution in [-0.2, 0) is 11.3 Å². The Bertz CT molecular complexity index is 597. The molecular weight excluding hydrogens is 310 g/mol. The molecule has 0 aliphatic rings. The Hall–Kier alpha value is -1.68. The number of hydrogen-bond acceptors (Lipinski definition) is 8. The molecule has 1 amide bonds. The van der Waals surface area contributed by atoms with E-state index in [1.54, 1.807) is 4.68 Å². The van der Waals surface area contributed by atoms with Gasteiger partial charge >= 0.3 is 0 Å². The molecule has 1 atom stereocenters. The Labute approximate surface area is 130 Å². The first-order chi connectivity index (χ1) is 10.1. The van der Waals surface area contributed by atoms with Crippen LogP contribution in [0.5, 0.6) is 0 Å². The van der Waals surface area contributed by atoms with E-state index >= 15 is 0 Å². The zero-order valence-electron chi connectivity index (χ0n) is 11.8. The summed E-state index contributed by atoms with van der Waals surface area (Å²) in [5, 5.41) is 15.1. The van der Waals surface area contributed by atoms with Crippen LogP contribution in [0, 0.1) is 0 Å². The van der Waals surface area contributed by atoms with Gasteiger partial charge in [-0.1, -0.05) is 30.0 Å². The van der Waals surface area contributed by atoms with Gasteiger partial charge in [0.1, 0.15) is 12.2 Å². The normalized spacial score (nSPS) is 12.3. The lowest BCUT2D eigenvalue weighted by atomic mass is 10.2. The van der Waals surface area contributed by atoms with Crippen molar-refractivity contribution >= 4 is 34.1 Å². The van der Waals surface area contributed by atoms with Gasteiger partial charge in [0.15, 0.2) is 4.34 Å². The Morgan fingerprint density at radius 2 is 2.33 bits per heavy atom. The molecule has 0 bridgehead atoms. The molecular formula is C11H17N7OS2. The number of nitrogens with zero attached hydrogens (tertiary/aromatic N) is 5. The molecule has 0 aromatic carbocycles. The lowest BCUT2D eigenvalue weighted by Gasteiger charge is -2.16. The first-order valence-electron chi connectivity index (χ1n) is 6.52. The Balaban J connectivity index is 1.91. The van der Waals surface area contributed by atoms with Crippen LogP contribution in [0.4, 0.5) is 5.13 Å². The van der Waals surface area contributed by atoms with E-state index in [0.717, 1.165) is 18.8 Å². The van der Waals surface area contributed by atoms with Crippen LogP contribution in [0.3, 0.4) is 0 Å². The minimum absolute atomic E-state index is 0.0775. The topological polar surface area (TPSA) is 112 Å². The van der Waals surface area contributed by atoms with E-state index in [1.807, 2.05) is 13.8 Å². The van der Waals surface area contributed by atoms with E-state index in [0.29, 0.717) is 9.47 Å². The third-order valence-electron chi connectivity index (χ3n) is 2.75. The predicted octanol–water partition coefficient (Wildman–Crippen LogP) is 1.09. The van der Waals surface area contributed by atoms with Gasteiger partial charge in [0.05, 0.1) is 11.8 Å². The van der Waals surface area contributed by atoms with E-state index in [2.05, 4.69) is 25.6 Å². The average molecular weight is 327 g/mol. The SMILES string of the molecule is CC[C@@H](NC(=O)CSc1nnc(N)s1)c1ncnn1CC. The molecule has 0 unspecified atom stereocenters. The number of amides is 1. The van der Waals surface area contributed by atoms with E-state index in [-0.39, 0.29) is 17.7 Å². The maximum atomic E-state index is 12.0. The van der Waals surface area contributed by atoms with Crippen LogP contribution >= 0.6 is 23.1 Å². The van der Waals surface area contributed by atoms with Crippen molar-refractivity contribution in [2.24, 2.45) is 0 Å². The summed E-state index contributed by atoms with van der Waals surface area (Å²) in [6.07, 6.45) is 2.26. The maximum Gasteiger partial charge on any atom is 0.231 e. The lowest BCUT2D eigenvalue weighted by molar-refractivity contribution is -0.119. The molecule has 0 radical (unpaired) electrons. The number of rotatable bonds is 7. The van der Waals surface area contributed by atoms with Crippen LogP contribution in [0.1, 0.15) is 32.1 Å². The van der Waals surface area contributed by atoms with E-state index in [9.17, 15) is 4.79 Å². The van der Waals surface area contributed by atoms with Crippen LogP contribution in [0.2, 0.25) is 0 Å². The van der Waals surface area contributed by atoms with E-state index < -0.39 is 0 Å². The zero-order valence-corrected chi connectivity index (χ0v) is 13.4. The molecule has 21 heavy (non-hydrogen) atoms. The van der Waals surface area contributed by atoms with Gasteiger partial charge < -0.3 is 11.1 Å². The number of carbonyl (C=O) groups excluding carboxylic acids is 1. The van der Waals surface area contributed by atoms with Gasteiger partial charge in [-0.25, -0.2) is 9.67 Å². The van der Waals surface area contributed by atoms with Gasteiger partial charge in [0.2, 0.25) is 11.0 Å². The van der Waals surface area contributed by atoms with Gasteiger partial charge in [-0.2, -0.15) is 5.10 Å². The molecule has 114 valence electrons. The van der Waals surface area contributed by atoms with Crippen molar-refractivity contribution in [2.75, 3.05) is 11.5 Å². The number of anilines is 1. The molecule has 2 aromatic rings. The average Bonchev–Trinajstić information content (AvgIpc) is 3.11. The summed E-state index contributed by atoms with van der Waals surface area (Å²) in [5.74, 6) is 0.968. The highest BCUT2D eigenvalue weighted by atomic mass is 32.2. The number of thioether (sulfide) groups is 1. The van der Waals surface area contributed by atoms with Gasteiger partial charge in [0, 0.05) is 6.54 Å². The predicted molar refractivity (Wildman–Crippen MR) is 81.9 cm³/mol. The van der Waals surface area contributed by atoms with Crippen molar-refractivity contribution in [2.45, 2.75) is 37.2 Å². The first-order valence-corrected chi connectivity index (χ1v) is 8.33. The highest BCUT2D eigenvalue weighted by Gasteiger charge is 2.18. The second kappa shape index (κ2) is 7.36. The van der Waals surface area contributed by atoms with Crippen LogP contribution in [0.15, 0.2) is 10.7 Å². The summed E-state index contributed by atoms with van der Waals surface area (Å²) >= 11 is 2.59. The number of nitrogens with two attached hydrogens (primary N) is 1. The highest BCUT2D eigenvalue weighted by molar-refractivity contribution is 8.01. The molecule has 0 saturated carbocycles. The quantitative estimate of drug-likeness (QED) is 0.732. The fourth-order valence-corrected chi connectivity index (χ4v) is 3.23. The lowest BCUT2D eigenvalue weighted by Crippen LogP contribution is -2.31. The van der Waals surface area contributed by atoms with Crippen molar-refractivity contribution in [3.63, 3.8) is 0 Å². The van der Waals surface area contributed by atoms with Gasteiger partial charge in [-0.15, -0.1) is 10.2 Å². The third-order valence-corrected chi connectivity index (χ3v) is 4.63. The minimum Gasteiger partial charge on any atom is -0.374 e. The highest BCUT2D eigenvalue weighted by Crippen LogP contribution is 2.23. The summed E-state index contributed by atoms with van der Waals surface area (Å²) < 4.78 is 2.47. The summed E-state index contributed by atoms with van der Waals surface area (Å²) in [4.78, 5) is 16.2. The van der Waals surface area contributed by atoms with Crippen molar-refractivity contribution in [3.05, 3.63) is 12.2 Å². The van der Waals surface area contributed by atoms with E-state index in [1.165, 1.54) is 29.4 Å². The van der Waals surface area contributed by atoms with Crippen LogP contribution < -0.4 is 11.1 Å². The molecule has 0 spiro atoms. The molecule has 0 aliphatic carbocycles. The number of aryl methyl sites for hydroxylation is 1. The third kappa shape index (κ3) is 4.14. The fourth-order valence-electron chi connectivity index (χ4n) is 1.78. The molecule has 10 heteroatoms. The smallest absolute Gasteiger partial charge is 0.231 e. The summed E-state index contributed by atoms with van der Waals surface area (Å²) in [7, 11) is 0. The number of nitrogen functional groups attached to an aromatic ring is 1. The molecule has 0 aliphatic heterocycles. The number of carbonyl (C=O) groups is 1. The number of hydrogen-bond donors (Lipinski definition) is 2. The summed E-state index contributed by atoms with van der Waals surface area (Å²) in [5.41, 5.74) is 5.50. The number of aromatic nitrogens is 5. The Morgan fingerprint density at radius 1 is 1.52 bits per heavy atom. The molecule has 3 N–H and O–H groups in total. The van der Waals surface area contributed by atoms with Crippen molar-refractivity contribution in [1.82, 2.24) is 30.3 Å². The summed E-state index contributed by atoms with van der Waals surface area (Å²) in [6, 6.07) is -0.139. The van der Waals surface area contributed by atoms with Crippen LogP contribution in [0.25, 0.3) is 0 Å². The molecule has 0 saturated heterocycles. The summed E-state index contributed by atoms with van der Waals surface area (Å²) in [6.45, 7) is 4.71. The second-order valence-corrected chi connectivity index (χ2v) is 6.39. The van der Waals surface area contributed by atoms with Crippen molar-refractivity contribution < 1.29 is 4.79 Å². The van der Waals surface area contributed by atoms with Gasteiger partial charge in [-0.05, 0) is 13.3 Å². The fraction of sp³-hybridized carbons (Fsp3) is 0.545. The Kier molecular flexibility index (Phi) is 5.51. The van der Waals surface area contributed by atoms with Gasteiger partial charge in [0.25, 0.3) is 0 Å². The molecule has 2 aromatic heterocycles. The van der Waals surface area contributed by atoms with Gasteiger partial charge in [-0.3, -0.25) is 4.79 Å². The molecule has 2 heterocycles. The second-order valence-electron chi connectivity index (χ2n) is 4.16. The van der Waals surface area contributed by atoms with Crippen molar-refractivity contribution in [1.29, 1.82) is 0 Å². The monoisotopic (exact) mass is 327 g/mol. The largest absolute Gasteiger partial charge is 0.374 e. The first kappa shape index (κ1) is 15.7. The van der Waals surface area contributed by atoms with Crippen molar-refractivity contribution in [3.8, 4) is 0 Å². The zero-order chi connectivity index (χ0) is 15.2. The van der Waals surface area contributed by atoms with E-state index in [4.69, 9.17) is 5.73 Å². The molecule has 0 fully saturated rings. The maximum absolute atomic E-state index is 12.0.